The first kappa shape index (κ1) is 11.8. The van der Waals surface area contributed by atoms with E-state index < -0.39 is 0 Å². The normalized spacial score (nSPS) is 24.1. The Bertz CT molecular complexity index is 241. The quantitative estimate of drug-likeness (QED) is 0.698. The molecule has 0 atom stereocenters. The number of carbonyl (C=O) groups is 1. The molecule has 0 radical (unpaired) electrons. The van der Waals surface area contributed by atoms with E-state index in [1.54, 1.807) is 0 Å². The fourth-order valence-corrected chi connectivity index (χ4v) is 2.16. The maximum Gasteiger partial charge on any atom is 0.234 e. The molecule has 0 bridgehead atoms. The Morgan fingerprint density at radius 1 is 1.38 bits per heavy atom. The van der Waals surface area contributed by atoms with Crippen LogP contribution in [0.3, 0.4) is 0 Å². The van der Waals surface area contributed by atoms with Gasteiger partial charge in [-0.15, -0.1) is 0 Å². The van der Waals surface area contributed by atoms with Crippen molar-refractivity contribution >= 4 is 5.91 Å². The number of rotatable bonds is 4. The zero-order valence-corrected chi connectivity index (χ0v) is 9.95. The van der Waals surface area contributed by atoms with Gasteiger partial charge in [0.1, 0.15) is 0 Å². The van der Waals surface area contributed by atoms with Gasteiger partial charge in [0.15, 0.2) is 0 Å². The minimum absolute atomic E-state index is 0. The fraction of sp³-hybridized carbons (Fsp3) is 0.909. The molecule has 16 heavy (non-hydrogen) atoms. The van der Waals surface area contributed by atoms with Crippen LogP contribution >= 0.6 is 0 Å². The lowest BCUT2D eigenvalue weighted by Gasteiger charge is -2.39. The number of nitrogens with zero attached hydrogens (tertiary/aromatic N) is 2. The second-order valence-corrected chi connectivity index (χ2v) is 4.51. The van der Waals surface area contributed by atoms with Crippen molar-refractivity contribution in [2.24, 2.45) is 0 Å². The first-order valence-corrected chi connectivity index (χ1v) is 6.09. The van der Waals surface area contributed by atoms with Gasteiger partial charge in [-0.05, 0) is 6.54 Å². The van der Waals surface area contributed by atoms with E-state index in [9.17, 15) is 4.79 Å². The number of amides is 1. The number of nitrogens with one attached hydrogen (secondary N) is 1. The SMILES string of the molecule is CCN1CC(NC(=O)CN2CCOCC2)C1.[HH]. The van der Waals surface area contributed by atoms with Crippen LogP contribution in [-0.4, -0.2) is 74.2 Å². The number of likely N-dealkylation sites (N-methyl/N-ethyl adjacent to an activating group) is 1. The number of ether oxygens (including phenoxy) is 1. The summed E-state index contributed by atoms with van der Waals surface area (Å²) in [5.41, 5.74) is 0. The molecule has 1 N–H and O–H groups in total. The molecule has 2 aliphatic rings. The van der Waals surface area contributed by atoms with Crippen molar-refractivity contribution in [1.29, 1.82) is 0 Å². The largest absolute Gasteiger partial charge is 0.379 e. The first-order chi connectivity index (χ1) is 7.78. The summed E-state index contributed by atoms with van der Waals surface area (Å²) in [5, 5.41) is 3.06. The van der Waals surface area contributed by atoms with Gasteiger partial charge in [0.05, 0.1) is 25.8 Å². The fourth-order valence-electron chi connectivity index (χ4n) is 2.16. The Morgan fingerprint density at radius 3 is 2.69 bits per heavy atom. The van der Waals surface area contributed by atoms with E-state index >= 15 is 0 Å². The average Bonchev–Trinajstić information content (AvgIpc) is 2.24. The van der Waals surface area contributed by atoms with Gasteiger partial charge in [-0.25, -0.2) is 0 Å². The maximum atomic E-state index is 11.7. The molecule has 0 aromatic rings. The molecule has 2 fully saturated rings. The lowest BCUT2D eigenvalue weighted by Crippen LogP contribution is -2.60. The molecule has 0 spiro atoms. The molecular formula is C11H23N3O2. The molecule has 0 aromatic carbocycles. The standard InChI is InChI=1S/C11H21N3O2.H2/c1-2-13-7-10(8-13)12-11(15)9-14-3-5-16-6-4-14;/h10H,2-9H2,1H3,(H,12,15);1H. The Morgan fingerprint density at radius 2 is 2.06 bits per heavy atom. The van der Waals surface area contributed by atoms with Crippen molar-refractivity contribution in [2.45, 2.75) is 13.0 Å². The van der Waals surface area contributed by atoms with Crippen LogP contribution in [0, 0.1) is 0 Å². The van der Waals surface area contributed by atoms with Crippen molar-refractivity contribution < 1.29 is 11.0 Å². The first-order valence-electron chi connectivity index (χ1n) is 6.09. The summed E-state index contributed by atoms with van der Waals surface area (Å²) in [7, 11) is 0. The smallest absolute Gasteiger partial charge is 0.234 e. The van der Waals surface area contributed by atoms with Crippen LogP contribution in [0.1, 0.15) is 8.35 Å². The van der Waals surface area contributed by atoms with E-state index in [2.05, 4.69) is 22.0 Å². The Balaban J connectivity index is 0.00000144. The minimum atomic E-state index is 0. The summed E-state index contributed by atoms with van der Waals surface area (Å²) in [4.78, 5) is 16.2. The Kier molecular flexibility index (Phi) is 4.15. The van der Waals surface area contributed by atoms with Crippen LogP contribution in [-0.2, 0) is 9.53 Å². The number of likely N-dealkylation sites (tertiary alicyclic amines) is 1. The van der Waals surface area contributed by atoms with Crippen molar-refractivity contribution in [3.05, 3.63) is 0 Å². The molecule has 0 saturated carbocycles. The van der Waals surface area contributed by atoms with Crippen molar-refractivity contribution in [1.82, 2.24) is 15.1 Å². The van der Waals surface area contributed by atoms with Gasteiger partial charge in [0.2, 0.25) is 5.91 Å². The number of carbonyl (C=O) groups excluding carboxylic acids is 1. The van der Waals surface area contributed by atoms with Gasteiger partial charge in [-0.1, -0.05) is 6.92 Å². The number of hydrogen-bond donors (Lipinski definition) is 1. The summed E-state index contributed by atoms with van der Waals surface area (Å²) in [6.07, 6.45) is 0. The monoisotopic (exact) mass is 229 g/mol. The predicted molar refractivity (Wildman–Crippen MR) is 63.4 cm³/mol. The molecule has 0 aliphatic carbocycles. The summed E-state index contributed by atoms with van der Waals surface area (Å²) >= 11 is 0. The van der Waals surface area contributed by atoms with E-state index in [-0.39, 0.29) is 7.33 Å². The van der Waals surface area contributed by atoms with Gasteiger partial charge in [-0.2, -0.15) is 0 Å². The molecule has 5 heteroatoms. The molecular weight excluding hydrogens is 206 g/mol. The Labute approximate surface area is 98.2 Å². The molecule has 1 amide bonds. The van der Waals surface area contributed by atoms with Crippen LogP contribution in [0.15, 0.2) is 0 Å². The molecule has 5 nitrogen and oxygen atoms in total. The number of hydrogen-bond acceptors (Lipinski definition) is 4. The lowest BCUT2D eigenvalue weighted by atomic mass is 10.1. The average molecular weight is 229 g/mol. The molecule has 2 saturated heterocycles. The van der Waals surface area contributed by atoms with Gasteiger partial charge in [0, 0.05) is 27.6 Å². The molecule has 94 valence electrons. The Hall–Kier alpha value is -0.650. The molecule has 2 heterocycles. The van der Waals surface area contributed by atoms with Gasteiger partial charge in [-0.3, -0.25) is 14.6 Å². The van der Waals surface area contributed by atoms with Crippen LogP contribution in [0.2, 0.25) is 0 Å². The third-order valence-electron chi connectivity index (χ3n) is 3.24. The molecule has 0 aromatic heterocycles. The topological polar surface area (TPSA) is 44.8 Å². The predicted octanol–water partition coefficient (Wildman–Crippen LogP) is -0.615. The zero-order chi connectivity index (χ0) is 11.4. The number of morpholine rings is 1. The van der Waals surface area contributed by atoms with E-state index in [0.29, 0.717) is 12.6 Å². The van der Waals surface area contributed by atoms with Crippen LogP contribution < -0.4 is 5.32 Å². The third-order valence-corrected chi connectivity index (χ3v) is 3.24. The van der Waals surface area contributed by atoms with Gasteiger partial charge >= 0.3 is 0 Å². The summed E-state index contributed by atoms with van der Waals surface area (Å²) in [6, 6.07) is 0.369. The molecule has 2 aliphatic heterocycles. The zero-order valence-electron chi connectivity index (χ0n) is 9.95. The molecule has 0 unspecified atom stereocenters. The highest BCUT2D eigenvalue weighted by Crippen LogP contribution is 2.06. The van der Waals surface area contributed by atoms with Crippen LogP contribution in [0.25, 0.3) is 0 Å². The molecule has 2 rings (SSSR count). The maximum absolute atomic E-state index is 11.7. The summed E-state index contributed by atoms with van der Waals surface area (Å²) in [5.74, 6) is 0.155. The van der Waals surface area contributed by atoms with Gasteiger partial charge < -0.3 is 10.1 Å². The lowest BCUT2D eigenvalue weighted by molar-refractivity contribution is -0.125. The summed E-state index contributed by atoms with van der Waals surface area (Å²) < 4.78 is 5.24. The minimum Gasteiger partial charge on any atom is -0.379 e. The van der Waals surface area contributed by atoms with Crippen LogP contribution in [0.4, 0.5) is 0 Å². The third kappa shape index (κ3) is 3.17. The highest BCUT2D eigenvalue weighted by molar-refractivity contribution is 5.78. The second kappa shape index (κ2) is 5.61. The van der Waals surface area contributed by atoms with Crippen molar-refractivity contribution in [2.75, 3.05) is 52.5 Å². The second-order valence-electron chi connectivity index (χ2n) is 4.51. The van der Waals surface area contributed by atoms with Crippen molar-refractivity contribution in [3.63, 3.8) is 0 Å². The van der Waals surface area contributed by atoms with Gasteiger partial charge in [0.25, 0.3) is 0 Å². The van der Waals surface area contributed by atoms with E-state index in [1.165, 1.54) is 0 Å². The van der Waals surface area contributed by atoms with Crippen molar-refractivity contribution in [3.8, 4) is 0 Å². The van der Waals surface area contributed by atoms with E-state index in [4.69, 9.17) is 4.74 Å². The highest BCUT2D eigenvalue weighted by atomic mass is 16.5. The summed E-state index contributed by atoms with van der Waals surface area (Å²) in [6.45, 7) is 9.00. The highest BCUT2D eigenvalue weighted by Gasteiger charge is 2.26. The van der Waals surface area contributed by atoms with E-state index in [1.807, 2.05) is 0 Å². The van der Waals surface area contributed by atoms with Crippen LogP contribution in [0.5, 0.6) is 0 Å². The van der Waals surface area contributed by atoms with E-state index in [0.717, 1.165) is 45.9 Å².